The number of allylic oxidation sites excluding steroid dienone is 2. The highest BCUT2D eigenvalue weighted by molar-refractivity contribution is 8.02. The molecule has 0 fully saturated rings. The van der Waals surface area contributed by atoms with Crippen LogP contribution < -0.4 is 4.72 Å². The van der Waals surface area contributed by atoms with Gasteiger partial charge < -0.3 is 4.72 Å². The summed E-state index contributed by atoms with van der Waals surface area (Å²) in [5.41, 5.74) is 2.84. The van der Waals surface area contributed by atoms with Crippen molar-refractivity contribution in [2.45, 2.75) is 26.8 Å². The molecule has 1 aromatic heterocycles. The first-order valence-electron chi connectivity index (χ1n) is 8.10. The third kappa shape index (κ3) is 3.17. The molecule has 5 heteroatoms. The Bertz CT molecular complexity index is 842. The number of aryl methyl sites for hydroxylation is 1. The van der Waals surface area contributed by atoms with Crippen LogP contribution in [0, 0.1) is 5.92 Å². The lowest BCUT2D eigenvalue weighted by Gasteiger charge is -2.15. The van der Waals surface area contributed by atoms with E-state index in [-0.39, 0.29) is 0 Å². The van der Waals surface area contributed by atoms with E-state index in [2.05, 4.69) is 59.6 Å². The molecule has 0 radical (unpaired) electrons. The van der Waals surface area contributed by atoms with E-state index in [1.54, 1.807) is 12.2 Å². The summed E-state index contributed by atoms with van der Waals surface area (Å²) < 4.78 is 5.37. The SMILES string of the molecule is C=CC1=C(C=C)SNC(c2nn(CCC(C)C)c3ccccc23)=N1. The zero-order chi connectivity index (χ0) is 17.1. The minimum absolute atomic E-state index is 0.641. The van der Waals surface area contributed by atoms with Crippen LogP contribution in [0.5, 0.6) is 0 Å². The maximum atomic E-state index is 4.83. The van der Waals surface area contributed by atoms with Crippen molar-refractivity contribution in [1.82, 2.24) is 14.5 Å². The molecule has 0 saturated carbocycles. The molecule has 0 spiro atoms. The van der Waals surface area contributed by atoms with Crippen LogP contribution in [0.15, 0.2) is 65.2 Å². The molecule has 124 valence electrons. The Morgan fingerprint density at radius 1 is 1.25 bits per heavy atom. The van der Waals surface area contributed by atoms with Crippen LogP contribution in [0.1, 0.15) is 26.0 Å². The Morgan fingerprint density at radius 2 is 2.04 bits per heavy atom. The molecule has 1 N–H and O–H groups in total. The lowest BCUT2D eigenvalue weighted by molar-refractivity contribution is 0.496. The number of nitrogens with zero attached hydrogens (tertiary/aromatic N) is 3. The van der Waals surface area contributed by atoms with Crippen LogP contribution in [0.3, 0.4) is 0 Å². The summed E-state index contributed by atoms with van der Waals surface area (Å²) in [4.78, 5) is 5.65. The zero-order valence-corrected chi connectivity index (χ0v) is 14.9. The lowest BCUT2D eigenvalue weighted by atomic mass is 10.1. The highest BCUT2D eigenvalue weighted by Gasteiger charge is 2.19. The van der Waals surface area contributed by atoms with Crippen LogP contribution in [0.4, 0.5) is 0 Å². The van der Waals surface area contributed by atoms with Gasteiger partial charge in [0.05, 0.1) is 16.1 Å². The van der Waals surface area contributed by atoms with Gasteiger partial charge in [-0.1, -0.05) is 51.3 Å². The van der Waals surface area contributed by atoms with E-state index < -0.39 is 0 Å². The fourth-order valence-corrected chi connectivity index (χ4v) is 3.27. The van der Waals surface area contributed by atoms with Gasteiger partial charge in [0.2, 0.25) is 0 Å². The Balaban J connectivity index is 2.07. The highest BCUT2D eigenvalue weighted by atomic mass is 32.2. The Morgan fingerprint density at radius 3 is 2.75 bits per heavy atom. The van der Waals surface area contributed by atoms with Crippen molar-refractivity contribution in [3.63, 3.8) is 0 Å². The van der Waals surface area contributed by atoms with Gasteiger partial charge in [-0.05, 0) is 36.4 Å². The third-order valence-electron chi connectivity index (χ3n) is 3.92. The van der Waals surface area contributed by atoms with E-state index in [1.165, 1.54) is 11.9 Å². The summed E-state index contributed by atoms with van der Waals surface area (Å²) in [5.74, 6) is 1.41. The van der Waals surface area contributed by atoms with Crippen LogP contribution in [0.25, 0.3) is 10.9 Å². The molecule has 1 aliphatic heterocycles. The normalized spacial score (nSPS) is 14.7. The molecular weight excluding hydrogens is 316 g/mol. The van der Waals surface area contributed by atoms with E-state index in [1.807, 2.05) is 6.07 Å². The molecule has 1 aliphatic rings. The number of amidine groups is 1. The number of hydrogen-bond acceptors (Lipinski definition) is 4. The molecule has 0 bridgehead atoms. The van der Waals surface area contributed by atoms with Crippen molar-refractivity contribution in [3.8, 4) is 0 Å². The van der Waals surface area contributed by atoms with E-state index in [0.29, 0.717) is 5.92 Å². The molecular formula is C19H22N4S. The third-order valence-corrected chi connectivity index (χ3v) is 4.81. The molecule has 2 heterocycles. The summed E-state index contributed by atoms with van der Waals surface area (Å²) in [6.45, 7) is 13.0. The fraction of sp³-hybridized carbons (Fsp3) is 0.263. The first kappa shape index (κ1) is 16.6. The average molecular weight is 338 g/mol. The number of benzene rings is 1. The van der Waals surface area contributed by atoms with Crippen molar-refractivity contribution in [3.05, 3.63) is 65.9 Å². The molecule has 0 saturated heterocycles. The van der Waals surface area contributed by atoms with Gasteiger partial charge in [0, 0.05) is 11.9 Å². The highest BCUT2D eigenvalue weighted by Crippen LogP contribution is 2.27. The summed E-state index contributed by atoms with van der Waals surface area (Å²) in [5, 5.41) is 5.94. The summed E-state index contributed by atoms with van der Waals surface area (Å²) in [6, 6.07) is 8.30. The van der Waals surface area contributed by atoms with Crippen molar-refractivity contribution < 1.29 is 0 Å². The average Bonchev–Trinajstić information content (AvgIpc) is 2.98. The van der Waals surface area contributed by atoms with Crippen molar-refractivity contribution in [1.29, 1.82) is 0 Å². The molecule has 0 unspecified atom stereocenters. The van der Waals surface area contributed by atoms with E-state index in [0.717, 1.165) is 46.0 Å². The smallest absolute Gasteiger partial charge is 0.165 e. The van der Waals surface area contributed by atoms with E-state index in [9.17, 15) is 0 Å². The molecule has 3 rings (SSSR count). The lowest BCUT2D eigenvalue weighted by Crippen LogP contribution is -2.22. The van der Waals surface area contributed by atoms with E-state index in [4.69, 9.17) is 5.10 Å². The number of fused-ring (bicyclic) bond motifs is 1. The van der Waals surface area contributed by atoms with Gasteiger partial charge >= 0.3 is 0 Å². The van der Waals surface area contributed by atoms with Gasteiger partial charge in [0.1, 0.15) is 5.69 Å². The van der Waals surface area contributed by atoms with Gasteiger partial charge in [-0.15, -0.1) is 0 Å². The van der Waals surface area contributed by atoms with Gasteiger partial charge in [0.25, 0.3) is 0 Å². The zero-order valence-electron chi connectivity index (χ0n) is 14.1. The molecule has 2 aromatic rings. The van der Waals surface area contributed by atoms with Gasteiger partial charge in [-0.25, -0.2) is 4.99 Å². The first-order chi connectivity index (χ1) is 11.6. The number of para-hydroxylation sites is 1. The minimum Gasteiger partial charge on any atom is -0.308 e. The maximum Gasteiger partial charge on any atom is 0.165 e. The van der Waals surface area contributed by atoms with Crippen molar-refractivity contribution in [2.75, 3.05) is 0 Å². The number of nitrogens with one attached hydrogen (secondary N) is 1. The fourth-order valence-electron chi connectivity index (χ4n) is 2.60. The van der Waals surface area contributed by atoms with Gasteiger partial charge in [-0.3, -0.25) is 4.68 Å². The number of hydrogen-bond donors (Lipinski definition) is 1. The van der Waals surface area contributed by atoms with Crippen molar-refractivity contribution >= 4 is 28.7 Å². The second-order valence-electron chi connectivity index (χ2n) is 6.09. The minimum atomic E-state index is 0.641. The Kier molecular flexibility index (Phi) is 4.90. The first-order valence-corrected chi connectivity index (χ1v) is 8.92. The maximum absolute atomic E-state index is 4.83. The predicted molar refractivity (Wildman–Crippen MR) is 104 cm³/mol. The summed E-state index contributed by atoms with van der Waals surface area (Å²) in [6.07, 6.45) is 4.63. The van der Waals surface area contributed by atoms with E-state index >= 15 is 0 Å². The molecule has 0 atom stereocenters. The van der Waals surface area contributed by atoms with Crippen LogP contribution in [-0.2, 0) is 6.54 Å². The number of aromatic nitrogens is 2. The van der Waals surface area contributed by atoms with Gasteiger partial charge in [-0.2, -0.15) is 5.10 Å². The summed E-state index contributed by atoms with van der Waals surface area (Å²) in [7, 11) is 0. The van der Waals surface area contributed by atoms with Crippen LogP contribution >= 0.6 is 11.9 Å². The molecule has 1 aromatic carbocycles. The molecule has 4 nitrogen and oxygen atoms in total. The Hall–Kier alpha value is -2.27. The number of aliphatic imine (C=N–C) groups is 1. The molecule has 0 aliphatic carbocycles. The number of rotatable bonds is 6. The second kappa shape index (κ2) is 7.09. The standard InChI is InChI=1S/C19H22N4S/c1-5-15-17(6-2)24-22-19(20-15)18-14-9-7-8-10-16(14)23(21-18)12-11-13(3)4/h5-10,13H,1-2,11-12H2,3-4H3,(H,20,22). The second-order valence-corrected chi connectivity index (χ2v) is 6.94. The van der Waals surface area contributed by atoms with Crippen LogP contribution in [0.2, 0.25) is 0 Å². The van der Waals surface area contributed by atoms with Crippen LogP contribution in [-0.4, -0.2) is 15.6 Å². The largest absolute Gasteiger partial charge is 0.308 e. The van der Waals surface area contributed by atoms with Gasteiger partial charge in [0.15, 0.2) is 5.84 Å². The Labute approximate surface area is 147 Å². The van der Waals surface area contributed by atoms with Crippen molar-refractivity contribution in [2.24, 2.45) is 10.9 Å². The topological polar surface area (TPSA) is 42.2 Å². The predicted octanol–water partition coefficient (Wildman–Crippen LogP) is 4.66. The molecule has 0 amide bonds. The monoisotopic (exact) mass is 338 g/mol. The quantitative estimate of drug-likeness (QED) is 0.779. The molecule has 24 heavy (non-hydrogen) atoms. The summed E-state index contributed by atoms with van der Waals surface area (Å²) >= 11 is 1.50.